The monoisotopic (exact) mass is 391 g/mol. The predicted molar refractivity (Wildman–Crippen MR) is 112 cm³/mol. The van der Waals surface area contributed by atoms with Gasteiger partial charge in [-0.15, -0.1) is 0 Å². The van der Waals surface area contributed by atoms with Gasteiger partial charge in [-0.05, 0) is 41.1 Å². The molecule has 3 aromatic carbocycles. The maximum atomic E-state index is 12.0. The third kappa shape index (κ3) is 5.32. The Morgan fingerprint density at radius 1 is 1.00 bits per heavy atom. The molecule has 148 valence electrons. The van der Waals surface area contributed by atoms with E-state index in [1.807, 2.05) is 30.3 Å². The first-order chi connectivity index (χ1) is 14.1. The third-order valence-electron chi connectivity index (χ3n) is 4.28. The standard InChI is InChI=1S/C22H21N3O4/c1-29-17-9-7-16(8-10-17)24-21(27)12-13-22(28)25-23-14-19-18-5-3-2-4-15(18)6-11-20(19)26/h2-11,14,26H,12-13H2,1H3,(H,24,27)(H,25,28)/b23-14+. The minimum Gasteiger partial charge on any atom is -0.507 e. The van der Waals surface area contributed by atoms with E-state index >= 15 is 0 Å². The van der Waals surface area contributed by atoms with Crippen LogP contribution in [-0.2, 0) is 9.59 Å². The molecule has 2 amide bonds. The summed E-state index contributed by atoms with van der Waals surface area (Å²) in [7, 11) is 1.57. The van der Waals surface area contributed by atoms with Crippen molar-refractivity contribution in [3.63, 3.8) is 0 Å². The van der Waals surface area contributed by atoms with Crippen LogP contribution in [0.25, 0.3) is 10.8 Å². The van der Waals surface area contributed by atoms with Crippen molar-refractivity contribution in [3.05, 3.63) is 66.2 Å². The lowest BCUT2D eigenvalue weighted by atomic mass is 10.0. The molecule has 0 fully saturated rings. The van der Waals surface area contributed by atoms with Gasteiger partial charge >= 0.3 is 0 Å². The van der Waals surface area contributed by atoms with Gasteiger partial charge < -0.3 is 15.2 Å². The zero-order chi connectivity index (χ0) is 20.6. The molecule has 0 saturated carbocycles. The second-order valence-electron chi connectivity index (χ2n) is 6.29. The van der Waals surface area contributed by atoms with Crippen LogP contribution in [0, 0.1) is 0 Å². The van der Waals surface area contributed by atoms with Crippen molar-refractivity contribution in [2.24, 2.45) is 5.10 Å². The molecule has 0 atom stereocenters. The summed E-state index contributed by atoms with van der Waals surface area (Å²) < 4.78 is 5.06. The van der Waals surface area contributed by atoms with E-state index in [0.717, 1.165) is 10.8 Å². The van der Waals surface area contributed by atoms with Gasteiger partial charge in [0, 0.05) is 24.1 Å². The largest absolute Gasteiger partial charge is 0.507 e. The minimum atomic E-state index is -0.397. The van der Waals surface area contributed by atoms with Gasteiger partial charge in [-0.3, -0.25) is 9.59 Å². The summed E-state index contributed by atoms with van der Waals surface area (Å²) in [5.74, 6) is 0.0879. The van der Waals surface area contributed by atoms with Gasteiger partial charge in [-0.1, -0.05) is 30.3 Å². The van der Waals surface area contributed by atoms with E-state index in [0.29, 0.717) is 17.0 Å². The van der Waals surface area contributed by atoms with Crippen molar-refractivity contribution < 1.29 is 19.4 Å². The normalized spacial score (nSPS) is 10.8. The van der Waals surface area contributed by atoms with E-state index in [2.05, 4.69) is 15.8 Å². The van der Waals surface area contributed by atoms with Crippen molar-refractivity contribution in [3.8, 4) is 11.5 Å². The lowest BCUT2D eigenvalue weighted by Crippen LogP contribution is -2.20. The van der Waals surface area contributed by atoms with Crippen LogP contribution >= 0.6 is 0 Å². The number of carbonyl (C=O) groups is 2. The van der Waals surface area contributed by atoms with Crippen LogP contribution < -0.4 is 15.5 Å². The number of hydrogen-bond donors (Lipinski definition) is 3. The van der Waals surface area contributed by atoms with E-state index in [4.69, 9.17) is 4.74 Å². The summed E-state index contributed by atoms with van der Waals surface area (Å²) in [5, 5.41) is 18.4. The highest BCUT2D eigenvalue weighted by Gasteiger charge is 2.08. The Kier molecular flexibility index (Phi) is 6.42. The van der Waals surface area contributed by atoms with Gasteiger partial charge in [0.2, 0.25) is 11.8 Å². The lowest BCUT2D eigenvalue weighted by molar-refractivity contribution is -0.124. The van der Waals surface area contributed by atoms with Crippen molar-refractivity contribution >= 4 is 34.5 Å². The third-order valence-corrected chi connectivity index (χ3v) is 4.28. The number of carbonyl (C=O) groups excluding carboxylic acids is 2. The first kappa shape index (κ1) is 19.9. The fourth-order valence-electron chi connectivity index (χ4n) is 2.77. The zero-order valence-corrected chi connectivity index (χ0v) is 15.9. The molecule has 0 aromatic heterocycles. The highest BCUT2D eigenvalue weighted by Crippen LogP contribution is 2.25. The Morgan fingerprint density at radius 3 is 2.48 bits per heavy atom. The van der Waals surface area contributed by atoms with Crippen LogP contribution in [0.15, 0.2) is 65.8 Å². The van der Waals surface area contributed by atoms with Crippen molar-refractivity contribution in [1.29, 1.82) is 0 Å². The zero-order valence-electron chi connectivity index (χ0n) is 15.9. The molecule has 0 radical (unpaired) electrons. The molecular formula is C22H21N3O4. The van der Waals surface area contributed by atoms with Gasteiger partial charge in [0.15, 0.2) is 0 Å². The van der Waals surface area contributed by atoms with Gasteiger partial charge in [-0.25, -0.2) is 5.43 Å². The summed E-state index contributed by atoms with van der Waals surface area (Å²) in [6, 6.07) is 17.8. The number of rotatable bonds is 7. The van der Waals surface area contributed by atoms with Gasteiger partial charge in [0.1, 0.15) is 11.5 Å². The summed E-state index contributed by atoms with van der Waals surface area (Å²) >= 11 is 0. The fraction of sp³-hybridized carbons (Fsp3) is 0.136. The molecule has 3 rings (SSSR count). The maximum Gasteiger partial charge on any atom is 0.240 e. The molecule has 0 spiro atoms. The number of phenols is 1. The molecule has 0 aliphatic carbocycles. The number of ether oxygens (including phenoxy) is 1. The van der Waals surface area contributed by atoms with E-state index < -0.39 is 5.91 Å². The Balaban J connectivity index is 1.51. The molecule has 7 nitrogen and oxygen atoms in total. The molecule has 7 heteroatoms. The molecule has 3 aromatic rings. The summed E-state index contributed by atoms with van der Waals surface area (Å²) in [6.45, 7) is 0. The molecule has 0 bridgehead atoms. The van der Waals surface area contributed by atoms with Crippen LogP contribution in [0.5, 0.6) is 11.5 Å². The maximum absolute atomic E-state index is 12.0. The minimum absolute atomic E-state index is 0.0130. The highest BCUT2D eigenvalue weighted by molar-refractivity contribution is 6.02. The smallest absolute Gasteiger partial charge is 0.240 e. The summed E-state index contributed by atoms with van der Waals surface area (Å²) in [6.07, 6.45) is 1.40. The molecule has 29 heavy (non-hydrogen) atoms. The Bertz CT molecular complexity index is 1050. The number of anilines is 1. The van der Waals surface area contributed by atoms with E-state index in [1.165, 1.54) is 6.21 Å². The lowest BCUT2D eigenvalue weighted by Gasteiger charge is -2.06. The number of phenolic OH excluding ortho intramolecular Hbond substituents is 1. The number of amides is 2. The number of fused-ring (bicyclic) bond motifs is 1. The second kappa shape index (κ2) is 9.36. The van der Waals surface area contributed by atoms with Crippen LogP contribution in [0.4, 0.5) is 5.69 Å². The SMILES string of the molecule is COc1ccc(NC(=O)CCC(=O)N/N=C/c2c(O)ccc3ccccc23)cc1. The number of aromatic hydroxyl groups is 1. The van der Waals surface area contributed by atoms with Crippen molar-refractivity contribution in [2.75, 3.05) is 12.4 Å². The predicted octanol–water partition coefficient (Wildman–Crippen LogP) is 3.42. The topological polar surface area (TPSA) is 100 Å². The number of nitrogens with one attached hydrogen (secondary N) is 2. The Morgan fingerprint density at radius 2 is 1.72 bits per heavy atom. The number of nitrogens with zero attached hydrogens (tertiary/aromatic N) is 1. The highest BCUT2D eigenvalue weighted by atomic mass is 16.5. The molecule has 0 unspecified atom stereocenters. The molecule has 0 heterocycles. The van der Waals surface area contributed by atoms with Gasteiger partial charge in [0.05, 0.1) is 13.3 Å². The molecule has 0 aliphatic heterocycles. The molecule has 0 aliphatic rings. The van der Waals surface area contributed by atoms with Crippen molar-refractivity contribution in [1.82, 2.24) is 5.43 Å². The quantitative estimate of drug-likeness (QED) is 0.424. The fourth-order valence-corrected chi connectivity index (χ4v) is 2.77. The average molecular weight is 391 g/mol. The van der Waals surface area contributed by atoms with E-state index in [1.54, 1.807) is 37.4 Å². The van der Waals surface area contributed by atoms with Gasteiger partial charge in [-0.2, -0.15) is 5.10 Å². The number of methoxy groups -OCH3 is 1. The van der Waals surface area contributed by atoms with Crippen LogP contribution in [-0.4, -0.2) is 30.2 Å². The second-order valence-corrected chi connectivity index (χ2v) is 6.29. The van der Waals surface area contributed by atoms with Crippen LogP contribution in [0.3, 0.4) is 0 Å². The van der Waals surface area contributed by atoms with Crippen LogP contribution in [0.2, 0.25) is 0 Å². The first-order valence-electron chi connectivity index (χ1n) is 9.03. The van der Waals surface area contributed by atoms with Gasteiger partial charge in [0.25, 0.3) is 0 Å². The molecule has 3 N–H and O–H groups in total. The summed E-state index contributed by atoms with van der Waals surface area (Å²) in [5.41, 5.74) is 3.52. The van der Waals surface area contributed by atoms with Crippen LogP contribution in [0.1, 0.15) is 18.4 Å². The number of hydrazone groups is 1. The Hall–Kier alpha value is -3.87. The summed E-state index contributed by atoms with van der Waals surface area (Å²) in [4.78, 5) is 23.9. The van der Waals surface area contributed by atoms with E-state index in [9.17, 15) is 14.7 Å². The number of benzene rings is 3. The number of hydrogen-bond acceptors (Lipinski definition) is 5. The Labute approximate surface area is 168 Å². The molecular weight excluding hydrogens is 370 g/mol. The molecule has 0 saturated heterocycles. The van der Waals surface area contributed by atoms with Crippen molar-refractivity contribution in [2.45, 2.75) is 12.8 Å². The first-order valence-corrected chi connectivity index (χ1v) is 9.03. The average Bonchev–Trinajstić information content (AvgIpc) is 2.74. The van der Waals surface area contributed by atoms with E-state index in [-0.39, 0.29) is 24.5 Å².